The van der Waals surface area contributed by atoms with E-state index < -0.39 is 0 Å². The quantitative estimate of drug-likeness (QED) is 0.378. The first-order valence-electron chi connectivity index (χ1n) is 15.8. The van der Waals surface area contributed by atoms with Crippen LogP contribution in [0.25, 0.3) is 0 Å². The molecule has 1 heteroatoms. The molecule has 0 amide bonds. The Labute approximate surface area is 219 Å². The van der Waals surface area contributed by atoms with Crippen molar-refractivity contribution >= 4 is 5.71 Å². The highest BCUT2D eigenvalue weighted by molar-refractivity contribution is 5.86. The molecule has 0 aromatic carbocycles. The molecule has 0 aromatic rings. The summed E-state index contributed by atoms with van der Waals surface area (Å²) in [6.45, 7) is 23.8. The second-order valence-corrected chi connectivity index (χ2v) is 14.8. The van der Waals surface area contributed by atoms with Gasteiger partial charge in [-0.05, 0) is 115 Å². The predicted molar refractivity (Wildman–Crippen MR) is 153 cm³/mol. The van der Waals surface area contributed by atoms with Crippen molar-refractivity contribution in [3.63, 3.8) is 0 Å². The molecule has 6 fully saturated rings. The van der Waals surface area contributed by atoms with Gasteiger partial charge >= 0.3 is 0 Å². The lowest BCUT2D eigenvalue weighted by molar-refractivity contribution is -0.145. The Morgan fingerprint density at radius 1 is 0.914 bits per heavy atom. The molecule has 35 heavy (non-hydrogen) atoms. The Morgan fingerprint density at radius 2 is 1.60 bits per heavy atom. The van der Waals surface area contributed by atoms with Crippen LogP contribution in [0.2, 0.25) is 0 Å². The van der Waals surface area contributed by atoms with E-state index in [0.29, 0.717) is 22.2 Å². The van der Waals surface area contributed by atoms with Crippen LogP contribution in [0.4, 0.5) is 0 Å². The van der Waals surface area contributed by atoms with E-state index in [1.165, 1.54) is 76.3 Å². The zero-order chi connectivity index (χ0) is 25.8. The van der Waals surface area contributed by atoms with Gasteiger partial charge in [-0.15, -0.1) is 0 Å². The third kappa shape index (κ3) is 4.22. The van der Waals surface area contributed by atoms with E-state index >= 15 is 0 Å². The average molecular weight is 482 g/mol. The van der Waals surface area contributed by atoms with Crippen molar-refractivity contribution in [1.29, 1.82) is 5.41 Å². The minimum absolute atomic E-state index is 0.346. The highest BCUT2D eigenvalue weighted by Gasteiger charge is 2.66. The number of rotatable bonds is 5. The predicted octanol–water partition coefficient (Wildman–Crippen LogP) is 10.3. The molecule has 0 aromatic heterocycles. The Bertz CT molecular complexity index is 788. The van der Waals surface area contributed by atoms with Crippen LogP contribution < -0.4 is 0 Å². The second-order valence-electron chi connectivity index (χ2n) is 14.8. The Kier molecular flexibility index (Phi) is 7.80. The van der Waals surface area contributed by atoms with Crippen LogP contribution >= 0.6 is 0 Å². The SMILES string of the molecule is C=C1CCC2(C)C3CCC4(C)C(C(C)CCCC(C)C)CCC4C3C(=N)C[C@@]2(C)C2CC1C2.CC. The molecule has 7 unspecified atom stereocenters. The number of fused-ring (bicyclic) bond motifs is 5. The van der Waals surface area contributed by atoms with Crippen molar-refractivity contribution in [2.75, 3.05) is 0 Å². The lowest BCUT2D eigenvalue weighted by Crippen LogP contribution is -2.63. The van der Waals surface area contributed by atoms with Crippen LogP contribution in [-0.4, -0.2) is 5.71 Å². The van der Waals surface area contributed by atoms with Gasteiger partial charge in [0.15, 0.2) is 0 Å². The van der Waals surface area contributed by atoms with E-state index in [2.05, 4.69) is 48.1 Å². The lowest BCUT2D eigenvalue weighted by atomic mass is 9.36. The van der Waals surface area contributed by atoms with Crippen LogP contribution in [0, 0.1) is 69.0 Å². The molecule has 200 valence electrons. The monoisotopic (exact) mass is 481 g/mol. The van der Waals surface area contributed by atoms with E-state index in [-0.39, 0.29) is 0 Å². The number of hydrogen-bond donors (Lipinski definition) is 1. The van der Waals surface area contributed by atoms with Crippen molar-refractivity contribution in [3.8, 4) is 0 Å². The van der Waals surface area contributed by atoms with Gasteiger partial charge in [-0.3, -0.25) is 0 Å². The standard InChI is InChI=1S/C32H53N.C2H6/c1-20(2)9-8-10-22(4)25-11-12-26-29-27(14-15-30(25,26)5)31(6)16-13-21(3)23-17-24(18-23)32(31,7)19-28(29)33;1-2/h20,22-27,29,33H,3,8-19H2,1-2,4-7H3;1-2H3/t22?,23?,24?,25?,26?,27?,29?,30?,31?,32-;/m0./s1. The van der Waals surface area contributed by atoms with E-state index in [1.807, 2.05) is 13.8 Å². The van der Waals surface area contributed by atoms with Crippen molar-refractivity contribution in [1.82, 2.24) is 0 Å². The first kappa shape index (κ1) is 27.4. The van der Waals surface area contributed by atoms with Gasteiger partial charge < -0.3 is 5.41 Å². The van der Waals surface area contributed by atoms with Gasteiger partial charge in [-0.1, -0.05) is 86.8 Å². The van der Waals surface area contributed by atoms with Crippen LogP contribution in [-0.2, 0) is 0 Å². The van der Waals surface area contributed by atoms with Crippen LogP contribution in [0.3, 0.4) is 0 Å². The van der Waals surface area contributed by atoms with Gasteiger partial charge in [0, 0.05) is 11.6 Å². The lowest BCUT2D eigenvalue weighted by Gasteiger charge is -2.68. The maximum atomic E-state index is 9.47. The van der Waals surface area contributed by atoms with E-state index in [4.69, 9.17) is 0 Å². The molecule has 6 aliphatic carbocycles. The van der Waals surface area contributed by atoms with Crippen molar-refractivity contribution in [3.05, 3.63) is 12.2 Å². The third-order valence-electron chi connectivity index (χ3n) is 13.1. The fraction of sp³-hybridized carbons (Fsp3) is 0.912. The minimum Gasteiger partial charge on any atom is -0.309 e. The number of allylic oxidation sites excluding steroid dienone is 1. The van der Waals surface area contributed by atoms with Crippen LogP contribution in [0.5, 0.6) is 0 Å². The molecule has 6 saturated carbocycles. The minimum atomic E-state index is 0.346. The van der Waals surface area contributed by atoms with Gasteiger partial charge in [-0.25, -0.2) is 0 Å². The molecule has 1 nitrogen and oxygen atoms in total. The van der Waals surface area contributed by atoms with E-state index in [0.717, 1.165) is 47.8 Å². The van der Waals surface area contributed by atoms with Crippen molar-refractivity contribution in [2.24, 2.45) is 63.6 Å². The van der Waals surface area contributed by atoms with E-state index in [9.17, 15) is 5.41 Å². The number of nitrogens with one attached hydrogen (secondary N) is 1. The first-order chi connectivity index (χ1) is 16.5. The first-order valence-corrected chi connectivity index (χ1v) is 15.8. The summed E-state index contributed by atoms with van der Waals surface area (Å²) >= 11 is 0. The average Bonchev–Trinajstić information content (AvgIpc) is 3.12. The summed E-state index contributed by atoms with van der Waals surface area (Å²) in [5.41, 5.74) is 3.94. The Balaban J connectivity index is 0.00000141. The fourth-order valence-corrected chi connectivity index (χ4v) is 10.7. The molecule has 1 N–H and O–H groups in total. The summed E-state index contributed by atoms with van der Waals surface area (Å²) < 4.78 is 0. The zero-order valence-corrected chi connectivity index (χ0v) is 24.8. The maximum Gasteiger partial charge on any atom is 0.0132 e. The van der Waals surface area contributed by atoms with Gasteiger partial charge in [0.1, 0.15) is 0 Å². The highest BCUT2D eigenvalue weighted by Crippen LogP contribution is 2.73. The van der Waals surface area contributed by atoms with Gasteiger partial charge in [0.25, 0.3) is 0 Å². The van der Waals surface area contributed by atoms with Crippen LogP contribution in [0.1, 0.15) is 132 Å². The Morgan fingerprint density at radius 3 is 2.26 bits per heavy atom. The summed E-state index contributed by atoms with van der Waals surface area (Å²) in [6, 6.07) is 0. The molecular formula is C34H59N. The molecule has 0 heterocycles. The largest absolute Gasteiger partial charge is 0.309 e. The normalized spacial score (nSPS) is 47.3. The highest BCUT2D eigenvalue weighted by atomic mass is 14.7. The molecule has 0 spiro atoms. The topological polar surface area (TPSA) is 23.9 Å². The fourth-order valence-electron chi connectivity index (χ4n) is 10.7. The molecule has 8 atom stereocenters. The molecular weight excluding hydrogens is 422 g/mol. The molecule has 0 aliphatic heterocycles. The molecule has 0 saturated heterocycles. The summed E-state index contributed by atoms with van der Waals surface area (Å²) in [5.74, 6) is 6.27. The van der Waals surface area contributed by atoms with Crippen LogP contribution in [0.15, 0.2) is 12.2 Å². The summed E-state index contributed by atoms with van der Waals surface area (Å²) in [4.78, 5) is 0. The molecule has 2 bridgehead atoms. The third-order valence-corrected chi connectivity index (χ3v) is 13.1. The maximum absolute atomic E-state index is 9.47. The van der Waals surface area contributed by atoms with Crippen molar-refractivity contribution < 1.29 is 0 Å². The molecule has 6 aliphatic rings. The Hall–Kier alpha value is -0.590. The van der Waals surface area contributed by atoms with E-state index in [1.54, 1.807) is 5.57 Å². The van der Waals surface area contributed by atoms with Gasteiger partial charge in [0.05, 0.1) is 0 Å². The summed E-state index contributed by atoms with van der Waals surface area (Å²) in [6.07, 6.45) is 16.2. The van der Waals surface area contributed by atoms with Gasteiger partial charge in [-0.2, -0.15) is 0 Å². The summed E-state index contributed by atoms with van der Waals surface area (Å²) in [5, 5.41) is 9.47. The number of hydrogen-bond acceptors (Lipinski definition) is 1. The zero-order valence-electron chi connectivity index (χ0n) is 24.8. The van der Waals surface area contributed by atoms with Crippen molar-refractivity contribution in [2.45, 2.75) is 132 Å². The molecule has 6 rings (SSSR count). The smallest absolute Gasteiger partial charge is 0.0132 e. The summed E-state index contributed by atoms with van der Waals surface area (Å²) in [7, 11) is 0. The van der Waals surface area contributed by atoms with Gasteiger partial charge in [0.2, 0.25) is 0 Å². The second kappa shape index (κ2) is 9.94. The molecule has 0 radical (unpaired) electrons.